The second kappa shape index (κ2) is 10.2. The molecule has 4 rings (SSSR count). The van der Waals surface area contributed by atoms with Gasteiger partial charge in [-0.2, -0.15) is 4.98 Å². The van der Waals surface area contributed by atoms with Crippen molar-refractivity contribution in [3.63, 3.8) is 0 Å². The molecule has 4 aromatic rings. The molecule has 0 saturated heterocycles. The molecule has 0 bridgehead atoms. The van der Waals surface area contributed by atoms with E-state index in [-0.39, 0.29) is 5.91 Å². The van der Waals surface area contributed by atoms with Gasteiger partial charge in [-0.25, -0.2) is 4.98 Å². The van der Waals surface area contributed by atoms with Crippen LogP contribution in [0.25, 0.3) is 6.08 Å². The highest BCUT2D eigenvalue weighted by molar-refractivity contribution is 6.02. The summed E-state index contributed by atoms with van der Waals surface area (Å²) in [6, 6.07) is 27.1. The highest BCUT2D eigenvalue weighted by Gasteiger charge is 2.05. The fourth-order valence-corrected chi connectivity index (χ4v) is 3.16. The first kappa shape index (κ1) is 21.8. The summed E-state index contributed by atoms with van der Waals surface area (Å²) in [5.41, 5.74) is 5.51. The van der Waals surface area contributed by atoms with Gasteiger partial charge in [-0.1, -0.05) is 48.0 Å². The van der Waals surface area contributed by atoms with Gasteiger partial charge in [0.15, 0.2) is 0 Å². The highest BCUT2D eigenvalue weighted by Crippen LogP contribution is 2.21. The molecule has 6 heteroatoms. The fourth-order valence-electron chi connectivity index (χ4n) is 3.16. The van der Waals surface area contributed by atoms with Crippen LogP contribution in [0.15, 0.2) is 91.0 Å². The van der Waals surface area contributed by atoms with Gasteiger partial charge in [0, 0.05) is 34.9 Å². The molecule has 0 radical (unpaired) electrons. The Morgan fingerprint density at radius 2 is 1.39 bits per heavy atom. The van der Waals surface area contributed by atoms with E-state index in [2.05, 4.69) is 32.8 Å². The first-order chi connectivity index (χ1) is 16.0. The van der Waals surface area contributed by atoms with Crippen molar-refractivity contribution in [3.05, 3.63) is 108 Å². The Balaban J connectivity index is 1.38. The van der Waals surface area contributed by atoms with Gasteiger partial charge in [0.1, 0.15) is 5.82 Å². The number of rotatable bonds is 7. The number of nitrogens with one attached hydrogen (secondary N) is 3. The molecule has 0 aliphatic carbocycles. The molecular formula is C27H25N5O. The van der Waals surface area contributed by atoms with Crippen molar-refractivity contribution in [3.8, 4) is 0 Å². The molecule has 33 heavy (non-hydrogen) atoms. The molecule has 0 spiro atoms. The molecule has 6 nitrogen and oxygen atoms in total. The summed E-state index contributed by atoms with van der Waals surface area (Å²) < 4.78 is 0. The number of nitrogens with zero attached hydrogens (tertiary/aromatic N) is 2. The lowest BCUT2D eigenvalue weighted by Gasteiger charge is -2.11. The maximum atomic E-state index is 12.2. The molecule has 1 heterocycles. The summed E-state index contributed by atoms with van der Waals surface area (Å²) in [5.74, 6) is 1.02. The Labute approximate surface area is 193 Å². The molecule has 0 atom stereocenters. The maximum Gasteiger partial charge on any atom is 0.248 e. The van der Waals surface area contributed by atoms with E-state index < -0.39 is 0 Å². The van der Waals surface area contributed by atoms with Crippen LogP contribution in [-0.2, 0) is 4.79 Å². The quantitative estimate of drug-likeness (QED) is 0.300. The largest absolute Gasteiger partial charge is 0.340 e. The van der Waals surface area contributed by atoms with Crippen LogP contribution in [0.5, 0.6) is 0 Å². The first-order valence-corrected chi connectivity index (χ1v) is 10.6. The summed E-state index contributed by atoms with van der Waals surface area (Å²) >= 11 is 0. The second-order valence-electron chi connectivity index (χ2n) is 7.64. The van der Waals surface area contributed by atoms with E-state index in [4.69, 9.17) is 0 Å². The van der Waals surface area contributed by atoms with Crippen LogP contribution in [0.4, 0.5) is 28.8 Å². The van der Waals surface area contributed by atoms with Crippen molar-refractivity contribution in [2.24, 2.45) is 0 Å². The average Bonchev–Trinajstić information content (AvgIpc) is 2.81. The van der Waals surface area contributed by atoms with Crippen molar-refractivity contribution in [2.75, 3.05) is 16.0 Å². The van der Waals surface area contributed by atoms with Gasteiger partial charge in [-0.05, 0) is 61.9 Å². The van der Waals surface area contributed by atoms with Gasteiger partial charge in [0.05, 0.1) is 0 Å². The minimum Gasteiger partial charge on any atom is -0.340 e. The maximum absolute atomic E-state index is 12.2. The number of hydrogen-bond acceptors (Lipinski definition) is 5. The number of aryl methyl sites for hydroxylation is 2. The second-order valence-corrected chi connectivity index (χ2v) is 7.64. The SMILES string of the molecule is Cc1ccc(Nc2cc(C)nc(Nc3ccc(NC(=O)/C=C/c4ccccc4)cc3)n2)cc1. The van der Waals surface area contributed by atoms with Crippen molar-refractivity contribution in [1.82, 2.24) is 9.97 Å². The summed E-state index contributed by atoms with van der Waals surface area (Å²) in [5, 5.41) is 9.38. The minimum atomic E-state index is -0.187. The Hall–Kier alpha value is -4.45. The molecule has 164 valence electrons. The van der Waals surface area contributed by atoms with Crippen molar-refractivity contribution < 1.29 is 4.79 Å². The van der Waals surface area contributed by atoms with Gasteiger partial charge < -0.3 is 16.0 Å². The van der Waals surface area contributed by atoms with Crippen LogP contribution in [0, 0.1) is 13.8 Å². The Morgan fingerprint density at radius 3 is 2.12 bits per heavy atom. The Bertz CT molecular complexity index is 1250. The Kier molecular flexibility index (Phi) is 6.75. The molecule has 0 fully saturated rings. The fraction of sp³-hybridized carbons (Fsp3) is 0.0741. The number of hydrogen-bond donors (Lipinski definition) is 3. The lowest BCUT2D eigenvalue weighted by Crippen LogP contribution is -2.07. The van der Waals surface area contributed by atoms with Crippen molar-refractivity contribution in [1.29, 1.82) is 0 Å². The van der Waals surface area contributed by atoms with E-state index in [1.54, 1.807) is 6.08 Å². The zero-order valence-electron chi connectivity index (χ0n) is 18.5. The minimum absolute atomic E-state index is 0.187. The van der Waals surface area contributed by atoms with Gasteiger partial charge in [0.25, 0.3) is 0 Å². The lowest BCUT2D eigenvalue weighted by atomic mass is 10.2. The molecule has 3 N–H and O–H groups in total. The summed E-state index contributed by atoms with van der Waals surface area (Å²) in [6.07, 6.45) is 3.30. The van der Waals surface area contributed by atoms with E-state index in [1.165, 1.54) is 11.6 Å². The third kappa shape index (κ3) is 6.51. The Morgan fingerprint density at radius 1 is 0.758 bits per heavy atom. The van der Waals surface area contributed by atoms with E-state index in [0.717, 1.165) is 22.6 Å². The van der Waals surface area contributed by atoms with Gasteiger partial charge >= 0.3 is 0 Å². The lowest BCUT2D eigenvalue weighted by molar-refractivity contribution is -0.111. The van der Waals surface area contributed by atoms with Crippen molar-refractivity contribution >= 4 is 40.8 Å². The van der Waals surface area contributed by atoms with Crippen LogP contribution in [0.3, 0.4) is 0 Å². The monoisotopic (exact) mass is 435 g/mol. The first-order valence-electron chi connectivity index (χ1n) is 10.6. The number of amides is 1. The normalized spacial score (nSPS) is 10.7. The third-order valence-electron chi connectivity index (χ3n) is 4.81. The molecule has 0 aliphatic heterocycles. The zero-order valence-corrected chi connectivity index (χ0v) is 18.5. The average molecular weight is 436 g/mol. The van der Waals surface area contributed by atoms with Gasteiger partial charge in [-0.3, -0.25) is 4.79 Å². The molecular weight excluding hydrogens is 410 g/mol. The molecule has 1 amide bonds. The van der Waals surface area contributed by atoms with Gasteiger partial charge in [-0.15, -0.1) is 0 Å². The van der Waals surface area contributed by atoms with Gasteiger partial charge in [0.2, 0.25) is 11.9 Å². The smallest absolute Gasteiger partial charge is 0.248 e. The molecule has 1 aromatic heterocycles. The van der Waals surface area contributed by atoms with Crippen LogP contribution in [0.1, 0.15) is 16.8 Å². The van der Waals surface area contributed by atoms with Crippen molar-refractivity contribution in [2.45, 2.75) is 13.8 Å². The van der Waals surface area contributed by atoms with E-state index in [1.807, 2.05) is 91.9 Å². The predicted molar refractivity (Wildman–Crippen MR) is 135 cm³/mol. The number of aromatic nitrogens is 2. The van der Waals surface area contributed by atoms with Crippen LogP contribution in [-0.4, -0.2) is 15.9 Å². The number of anilines is 5. The molecule has 0 saturated carbocycles. The standard InChI is InChI=1S/C27H25N5O/c1-19-8-11-22(12-9-19)29-25-18-20(2)28-27(32-25)31-24-15-13-23(14-16-24)30-26(33)17-10-21-6-4-3-5-7-21/h3-18H,1-2H3,(H,30,33)(H2,28,29,31,32)/b17-10+. The van der Waals surface area contributed by atoms with E-state index >= 15 is 0 Å². The summed E-state index contributed by atoms with van der Waals surface area (Å²) in [4.78, 5) is 21.2. The molecule has 0 unspecified atom stereocenters. The van der Waals surface area contributed by atoms with E-state index in [0.29, 0.717) is 17.5 Å². The number of benzene rings is 3. The number of carbonyl (C=O) groups excluding carboxylic acids is 1. The van der Waals surface area contributed by atoms with Crippen LogP contribution < -0.4 is 16.0 Å². The van der Waals surface area contributed by atoms with E-state index in [9.17, 15) is 4.79 Å². The molecule has 0 aliphatic rings. The predicted octanol–water partition coefficient (Wildman–Crippen LogP) is 6.23. The topological polar surface area (TPSA) is 78.9 Å². The summed E-state index contributed by atoms with van der Waals surface area (Å²) in [6.45, 7) is 3.98. The van der Waals surface area contributed by atoms with Crippen LogP contribution >= 0.6 is 0 Å². The summed E-state index contributed by atoms with van der Waals surface area (Å²) in [7, 11) is 0. The highest BCUT2D eigenvalue weighted by atomic mass is 16.1. The number of carbonyl (C=O) groups is 1. The van der Waals surface area contributed by atoms with Crippen LogP contribution in [0.2, 0.25) is 0 Å². The third-order valence-corrected chi connectivity index (χ3v) is 4.81. The molecule has 3 aromatic carbocycles. The zero-order chi connectivity index (χ0) is 23.0.